The Morgan fingerprint density at radius 1 is 1.23 bits per heavy atom. The SMILES string of the molecule is C/C(=C\c1csc(C)n1)[C@@H]1C[C@H]2[C@@H](CCCC(C)[C@H](O)[C@@H](C)C(=O)C(C)(C)[C@@H](O)CC(=O)O1)N2C(=O)CN(C)C. The Morgan fingerprint density at radius 2 is 1.90 bits per heavy atom. The number of aromatic nitrogens is 1. The van der Waals surface area contributed by atoms with Crippen LogP contribution in [0, 0.1) is 24.2 Å². The van der Waals surface area contributed by atoms with Crippen molar-refractivity contribution in [2.75, 3.05) is 20.6 Å². The molecule has 2 aliphatic heterocycles. The largest absolute Gasteiger partial charge is 0.458 e. The predicted octanol–water partition coefficient (Wildman–Crippen LogP) is 3.46. The number of cyclic esters (lactones) is 1. The third-order valence-electron chi connectivity index (χ3n) is 8.55. The molecule has 1 aromatic rings. The molecule has 0 aliphatic carbocycles. The summed E-state index contributed by atoms with van der Waals surface area (Å²) in [7, 11) is 3.72. The van der Waals surface area contributed by atoms with Gasteiger partial charge in [-0.25, -0.2) is 4.98 Å². The number of nitrogens with zero attached hydrogens (tertiary/aromatic N) is 3. The van der Waals surface area contributed by atoms with Crippen LogP contribution >= 0.6 is 11.3 Å². The van der Waals surface area contributed by atoms with E-state index in [0.29, 0.717) is 19.4 Å². The fourth-order valence-electron chi connectivity index (χ4n) is 5.82. The summed E-state index contributed by atoms with van der Waals surface area (Å²) in [6.45, 7) is 11.0. The number of hydrogen-bond donors (Lipinski definition) is 2. The molecule has 10 heteroatoms. The van der Waals surface area contributed by atoms with Crippen molar-refractivity contribution in [2.24, 2.45) is 17.3 Å². The van der Waals surface area contributed by atoms with Crippen LogP contribution in [0.3, 0.4) is 0 Å². The summed E-state index contributed by atoms with van der Waals surface area (Å²) >= 11 is 1.54. The first kappa shape index (κ1) is 32.4. The van der Waals surface area contributed by atoms with Gasteiger partial charge in [0.25, 0.3) is 0 Å². The maximum absolute atomic E-state index is 13.3. The van der Waals surface area contributed by atoms with E-state index in [0.717, 1.165) is 29.1 Å². The van der Waals surface area contributed by atoms with E-state index in [1.807, 2.05) is 56.1 Å². The average molecular weight is 578 g/mol. The fraction of sp³-hybridized carbons (Fsp3) is 0.733. The molecule has 40 heavy (non-hydrogen) atoms. The zero-order chi connectivity index (χ0) is 29.9. The van der Waals surface area contributed by atoms with Crippen LogP contribution in [0.25, 0.3) is 6.08 Å². The third-order valence-corrected chi connectivity index (χ3v) is 9.35. The highest BCUT2D eigenvalue weighted by Gasteiger charge is 2.51. The molecular formula is C30H47N3O6S. The summed E-state index contributed by atoms with van der Waals surface area (Å²) in [6.07, 6.45) is 1.49. The number of rotatable bonds is 4. The highest BCUT2D eigenvalue weighted by molar-refractivity contribution is 7.09. The molecule has 0 bridgehead atoms. The molecule has 9 nitrogen and oxygen atoms in total. The number of aliphatic hydroxyl groups excluding tert-OH is 2. The minimum Gasteiger partial charge on any atom is -0.458 e. The average Bonchev–Trinajstić information content (AvgIpc) is 3.39. The van der Waals surface area contributed by atoms with Gasteiger partial charge in [-0.3, -0.25) is 14.4 Å². The minimum absolute atomic E-state index is 0.0174. The van der Waals surface area contributed by atoms with E-state index in [9.17, 15) is 24.6 Å². The van der Waals surface area contributed by atoms with Gasteiger partial charge < -0.3 is 24.7 Å². The molecule has 2 aliphatic rings. The molecule has 1 unspecified atom stereocenters. The van der Waals surface area contributed by atoms with Crippen LogP contribution in [0.1, 0.15) is 77.4 Å². The second kappa shape index (κ2) is 13.2. The number of aliphatic hydroxyl groups is 2. The van der Waals surface area contributed by atoms with E-state index in [1.165, 1.54) is 11.3 Å². The molecular weight excluding hydrogens is 530 g/mol. The first-order valence-corrected chi connectivity index (χ1v) is 15.2. The number of thiazole rings is 1. The van der Waals surface area contributed by atoms with Gasteiger partial charge in [-0.15, -0.1) is 11.3 Å². The molecule has 0 saturated carbocycles. The molecule has 0 radical (unpaired) electrons. The molecule has 1 aromatic heterocycles. The van der Waals surface area contributed by atoms with Crippen LogP contribution in [0.5, 0.6) is 0 Å². The number of fused-ring (bicyclic) bond motifs is 1. The van der Waals surface area contributed by atoms with Gasteiger partial charge >= 0.3 is 5.97 Å². The van der Waals surface area contributed by atoms with Gasteiger partial charge in [-0.1, -0.05) is 34.1 Å². The molecule has 3 rings (SSSR count). The van der Waals surface area contributed by atoms with Crippen molar-refractivity contribution >= 4 is 35.1 Å². The fourth-order valence-corrected chi connectivity index (χ4v) is 6.39. The highest BCUT2D eigenvalue weighted by Crippen LogP contribution is 2.39. The van der Waals surface area contributed by atoms with E-state index >= 15 is 0 Å². The van der Waals surface area contributed by atoms with Crippen molar-refractivity contribution in [2.45, 2.75) is 104 Å². The second-order valence-corrected chi connectivity index (χ2v) is 13.6. The van der Waals surface area contributed by atoms with Crippen molar-refractivity contribution in [3.05, 3.63) is 21.7 Å². The molecule has 0 spiro atoms. The lowest BCUT2D eigenvalue weighted by Crippen LogP contribution is -2.45. The van der Waals surface area contributed by atoms with Crippen molar-refractivity contribution in [1.29, 1.82) is 0 Å². The monoisotopic (exact) mass is 577 g/mol. The summed E-state index contributed by atoms with van der Waals surface area (Å²) < 4.78 is 5.96. The van der Waals surface area contributed by atoms with Gasteiger partial charge in [0.2, 0.25) is 5.91 Å². The van der Waals surface area contributed by atoms with Crippen LogP contribution in [0.2, 0.25) is 0 Å². The Morgan fingerprint density at radius 3 is 2.50 bits per heavy atom. The maximum atomic E-state index is 13.3. The minimum atomic E-state index is -1.27. The highest BCUT2D eigenvalue weighted by atomic mass is 32.1. The van der Waals surface area contributed by atoms with Gasteiger partial charge in [0.05, 0.1) is 53.4 Å². The third kappa shape index (κ3) is 7.78. The number of ether oxygens (including phenoxy) is 1. The van der Waals surface area contributed by atoms with E-state index in [2.05, 4.69) is 4.98 Å². The van der Waals surface area contributed by atoms with Crippen LogP contribution in [-0.4, -0.2) is 93.7 Å². The van der Waals surface area contributed by atoms with Gasteiger partial charge in [0.1, 0.15) is 11.9 Å². The predicted molar refractivity (Wildman–Crippen MR) is 156 cm³/mol. The summed E-state index contributed by atoms with van der Waals surface area (Å²) in [4.78, 5) is 47.8. The van der Waals surface area contributed by atoms with Crippen molar-refractivity contribution < 1.29 is 29.3 Å². The number of esters is 1. The first-order chi connectivity index (χ1) is 18.6. The summed E-state index contributed by atoms with van der Waals surface area (Å²) in [6, 6.07) is -0.0652. The van der Waals surface area contributed by atoms with Crippen LogP contribution in [0.4, 0.5) is 0 Å². The normalized spacial score (nSPS) is 32.5. The molecule has 2 saturated heterocycles. The lowest BCUT2D eigenvalue weighted by Gasteiger charge is -2.34. The number of carbonyl (C=O) groups is 3. The van der Waals surface area contributed by atoms with Gasteiger partial charge in [0, 0.05) is 17.7 Å². The number of Topliss-reactive ketones (excluding diaryl/α,β-unsaturated/α-hetero) is 1. The number of amides is 1. The molecule has 2 N–H and O–H groups in total. The number of ketones is 1. The van der Waals surface area contributed by atoms with Gasteiger partial charge in [0.15, 0.2) is 0 Å². The van der Waals surface area contributed by atoms with E-state index in [4.69, 9.17) is 4.74 Å². The smallest absolute Gasteiger partial charge is 0.309 e. The van der Waals surface area contributed by atoms with E-state index in [-0.39, 0.29) is 36.1 Å². The Hall–Kier alpha value is -2.14. The molecule has 3 heterocycles. The topological polar surface area (TPSA) is 120 Å². The van der Waals surface area contributed by atoms with E-state index in [1.54, 1.807) is 20.8 Å². The van der Waals surface area contributed by atoms with Gasteiger partial charge in [-0.05, 0) is 58.4 Å². The molecule has 224 valence electrons. The zero-order valence-corrected chi connectivity index (χ0v) is 26.0. The van der Waals surface area contributed by atoms with Crippen molar-refractivity contribution in [1.82, 2.24) is 14.8 Å². The summed E-state index contributed by atoms with van der Waals surface area (Å²) in [5, 5.41) is 24.8. The lowest BCUT2D eigenvalue weighted by atomic mass is 9.73. The molecule has 2 fully saturated rings. The molecule has 7 atom stereocenters. The summed E-state index contributed by atoms with van der Waals surface area (Å²) in [5.41, 5.74) is 0.344. The maximum Gasteiger partial charge on any atom is 0.309 e. The van der Waals surface area contributed by atoms with Crippen molar-refractivity contribution in [3.63, 3.8) is 0 Å². The van der Waals surface area contributed by atoms with E-state index < -0.39 is 35.6 Å². The first-order valence-electron chi connectivity index (χ1n) is 14.3. The van der Waals surface area contributed by atoms with Crippen LogP contribution < -0.4 is 0 Å². The number of carbonyl (C=O) groups excluding carboxylic acids is 3. The Balaban J connectivity index is 1.93. The number of hydrogen-bond acceptors (Lipinski definition) is 9. The van der Waals surface area contributed by atoms with Crippen molar-refractivity contribution in [3.8, 4) is 0 Å². The zero-order valence-electron chi connectivity index (χ0n) is 25.2. The molecule has 1 amide bonds. The standard InChI is InChI=1S/C30H47N3O6S/c1-17-10-9-11-22-23(33(22)26(35)15-32(7)8)13-24(18(2)12-21-16-40-20(4)31-21)39-27(36)14-25(34)30(5,6)29(38)19(3)28(17)37/h12,16-17,19,22-25,28,34,37H,9-11,13-15H2,1-8H3/b18-12+/t17?,19-,22-,23+,24+,25+,28+,33?/m1/s1. The van der Waals surface area contributed by atoms with Crippen LogP contribution in [-0.2, 0) is 19.1 Å². The Bertz CT molecular complexity index is 1100. The molecule has 0 aromatic carbocycles. The quantitative estimate of drug-likeness (QED) is 0.413. The van der Waals surface area contributed by atoms with Crippen LogP contribution in [0.15, 0.2) is 11.0 Å². The number of likely N-dealkylation sites (N-methyl/N-ethyl adjacent to an activating group) is 1. The Labute approximate surface area is 242 Å². The second-order valence-electron chi connectivity index (χ2n) is 12.6. The Kier molecular flexibility index (Phi) is 10.7. The summed E-state index contributed by atoms with van der Waals surface area (Å²) in [5.74, 6) is -1.70. The lowest BCUT2D eigenvalue weighted by molar-refractivity contribution is -0.154. The van der Waals surface area contributed by atoms with Gasteiger partial charge in [-0.2, -0.15) is 0 Å². The number of aryl methyl sites for hydroxylation is 1.